The van der Waals surface area contributed by atoms with Gasteiger partial charge >= 0.3 is 0 Å². The number of hydrogen-bond donors (Lipinski definition) is 2. The van der Waals surface area contributed by atoms with Crippen LogP contribution in [0.25, 0.3) is 0 Å². The second-order valence-electron chi connectivity index (χ2n) is 10.3. The van der Waals surface area contributed by atoms with Crippen LogP contribution in [0.15, 0.2) is 23.8 Å². The number of benzene rings is 1. The van der Waals surface area contributed by atoms with E-state index in [2.05, 4.69) is 52.1 Å². The number of nitrogens with one attached hydrogen (secondary N) is 1. The van der Waals surface area contributed by atoms with E-state index < -0.39 is 0 Å². The second-order valence-corrected chi connectivity index (χ2v) is 10.3. The van der Waals surface area contributed by atoms with Crippen LogP contribution in [0.1, 0.15) is 97.6 Å². The topological polar surface area (TPSA) is 58.6 Å². The normalized spacial score (nSPS) is 24.7. The average Bonchev–Trinajstić information content (AvgIpc) is 2.64. The summed E-state index contributed by atoms with van der Waals surface area (Å²) in [6.45, 7) is 14.7. The minimum Gasteiger partial charge on any atom is -0.508 e. The third-order valence-electron chi connectivity index (χ3n) is 6.90. The lowest BCUT2D eigenvalue weighted by molar-refractivity contribution is -0.119. The number of allylic oxidation sites excluding steroid dienone is 1. The summed E-state index contributed by atoms with van der Waals surface area (Å²) in [6.07, 6.45) is 6.93. The van der Waals surface area contributed by atoms with Gasteiger partial charge in [-0.25, -0.2) is 0 Å². The van der Waals surface area contributed by atoms with Gasteiger partial charge in [0.2, 0.25) is 5.91 Å². The molecular formula is C26H39NO3. The molecule has 30 heavy (non-hydrogen) atoms. The largest absolute Gasteiger partial charge is 0.508 e. The highest BCUT2D eigenvalue weighted by Crippen LogP contribution is 2.54. The van der Waals surface area contributed by atoms with Gasteiger partial charge in [-0.2, -0.15) is 0 Å². The molecule has 1 amide bonds. The molecule has 0 radical (unpaired) electrons. The zero-order valence-electron chi connectivity index (χ0n) is 19.8. The zero-order valence-corrected chi connectivity index (χ0v) is 19.8. The van der Waals surface area contributed by atoms with Crippen molar-refractivity contribution in [3.8, 4) is 11.5 Å². The average molecular weight is 414 g/mol. The van der Waals surface area contributed by atoms with Crippen molar-refractivity contribution in [1.82, 2.24) is 5.32 Å². The molecule has 1 fully saturated rings. The highest BCUT2D eigenvalue weighted by Gasteiger charge is 2.47. The van der Waals surface area contributed by atoms with Crippen LogP contribution >= 0.6 is 0 Å². The number of fused-ring (bicyclic) bond motifs is 3. The summed E-state index contributed by atoms with van der Waals surface area (Å²) in [7, 11) is 0. The van der Waals surface area contributed by atoms with Crippen LogP contribution in [0, 0.1) is 5.92 Å². The van der Waals surface area contributed by atoms with Crippen molar-refractivity contribution >= 4 is 5.91 Å². The summed E-state index contributed by atoms with van der Waals surface area (Å²) in [6, 6.07) is 4.30. The molecule has 0 bridgehead atoms. The van der Waals surface area contributed by atoms with E-state index >= 15 is 0 Å². The van der Waals surface area contributed by atoms with Gasteiger partial charge in [-0.15, -0.1) is 0 Å². The first-order chi connectivity index (χ1) is 14.1. The summed E-state index contributed by atoms with van der Waals surface area (Å²) in [4.78, 5) is 12.7. The van der Waals surface area contributed by atoms with E-state index in [1.54, 1.807) is 0 Å². The van der Waals surface area contributed by atoms with E-state index in [-0.39, 0.29) is 28.8 Å². The van der Waals surface area contributed by atoms with Crippen molar-refractivity contribution < 1.29 is 14.6 Å². The fraction of sp³-hybridized carbons (Fsp3) is 0.654. The molecule has 4 heteroatoms. The van der Waals surface area contributed by atoms with Gasteiger partial charge in [-0.3, -0.25) is 4.79 Å². The predicted octanol–water partition coefficient (Wildman–Crippen LogP) is 5.98. The van der Waals surface area contributed by atoms with E-state index in [4.69, 9.17) is 4.74 Å². The first-order valence-corrected chi connectivity index (χ1v) is 11.6. The highest BCUT2D eigenvalue weighted by atomic mass is 16.5. The van der Waals surface area contributed by atoms with Crippen LogP contribution in [0.2, 0.25) is 0 Å². The van der Waals surface area contributed by atoms with E-state index in [0.717, 1.165) is 41.7 Å². The van der Waals surface area contributed by atoms with E-state index in [1.165, 1.54) is 6.42 Å². The molecule has 4 nitrogen and oxygen atoms in total. The number of carbonyl (C=O) groups excluding carboxylic acids is 1. The molecule has 1 heterocycles. The molecule has 2 aliphatic carbocycles. The van der Waals surface area contributed by atoms with Gasteiger partial charge in [-0.05, 0) is 69.1 Å². The Morgan fingerprint density at radius 2 is 1.87 bits per heavy atom. The monoisotopic (exact) mass is 413 g/mol. The Morgan fingerprint density at radius 3 is 2.43 bits per heavy atom. The maximum absolute atomic E-state index is 12.7. The maximum Gasteiger partial charge on any atom is 0.247 e. The molecule has 0 aromatic heterocycles. The Morgan fingerprint density at radius 1 is 1.20 bits per heavy atom. The van der Waals surface area contributed by atoms with E-state index in [0.29, 0.717) is 18.2 Å². The number of carbonyl (C=O) groups is 1. The standard InChI is InChI=1S/C24H33NO3.C2H6/c1-23(2,3)15-12-19(26)21-17-11-14(22(27)25-16-7-6-8-16)9-10-18(17)24(4,5)28-20(21)13-15;1-2/h9,12-13,16-18,26H,6-8,10-11H2,1-5H3,(H,25,27);1-2H3. The van der Waals surface area contributed by atoms with Crippen LogP contribution in [-0.2, 0) is 10.2 Å². The molecule has 2 unspecified atom stereocenters. The Hall–Kier alpha value is -1.97. The number of hydrogen-bond acceptors (Lipinski definition) is 3. The number of phenolic OH excluding ortho intramolecular Hbond substituents is 1. The molecule has 166 valence electrons. The van der Waals surface area contributed by atoms with Crippen molar-refractivity contribution in [2.75, 3.05) is 0 Å². The maximum atomic E-state index is 12.7. The molecular weight excluding hydrogens is 374 g/mol. The Kier molecular flexibility index (Phi) is 6.27. The molecule has 1 aromatic rings. The molecule has 1 aromatic carbocycles. The molecule has 1 aliphatic heterocycles. The van der Waals surface area contributed by atoms with Crippen molar-refractivity contribution in [2.24, 2.45) is 5.92 Å². The molecule has 4 rings (SSSR count). The molecule has 3 aliphatic rings. The summed E-state index contributed by atoms with van der Waals surface area (Å²) in [5.74, 6) is 1.48. The number of phenols is 1. The van der Waals surface area contributed by atoms with Crippen LogP contribution in [0.3, 0.4) is 0 Å². The first-order valence-electron chi connectivity index (χ1n) is 11.6. The van der Waals surface area contributed by atoms with Gasteiger partial charge in [0.1, 0.15) is 17.1 Å². The molecule has 0 spiro atoms. The second kappa shape index (κ2) is 8.28. The van der Waals surface area contributed by atoms with Gasteiger partial charge in [0, 0.05) is 29.0 Å². The lowest BCUT2D eigenvalue weighted by Gasteiger charge is -2.47. The van der Waals surface area contributed by atoms with Crippen LogP contribution in [-0.4, -0.2) is 22.7 Å². The molecule has 0 saturated heterocycles. The molecule has 1 saturated carbocycles. The summed E-state index contributed by atoms with van der Waals surface area (Å²) in [5.41, 5.74) is 2.38. The first kappa shape index (κ1) is 22.7. The van der Waals surface area contributed by atoms with Crippen LogP contribution in [0.4, 0.5) is 0 Å². The summed E-state index contributed by atoms with van der Waals surface area (Å²) in [5, 5.41) is 14.1. The van der Waals surface area contributed by atoms with Crippen molar-refractivity contribution in [3.63, 3.8) is 0 Å². The number of amides is 1. The lowest BCUT2D eigenvalue weighted by atomic mass is 9.66. The van der Waals surface area contributed by atoms with E-state index in [1.807, 2.05) is 19.9 Å². The quantitative estimate of drug-likeness (QED) is 0.627. The number of ether oxygens (including phenoxy) is 1. The Balaban J connectivity index is 0.00000124. The minimum atomic E-state index is -0.340. The fourth-order valence-corrected chi connectivity index (χ4v) is 4.84. The number of rotatable bonds is 2. The zero-order chi connectivity index (χ0) is 22.3. The molecule has 2 atom stereocenters. The van der Waals surface area contributed by atoms with Crippen LogP contribution < -0.4 is 10.1 Å². The van der Waals surface area contributed by atoms with Gasteiger partial charge in [-0.1, -0.05) is 40.7 Å². The smallest absolute Gasteiger partial charge is 0.247 e. The lowest BCUT2D eigenvalue weighted by Crippen LogP contribution is -2.47. The van der Waals surface area contributed by atoms with Crippen molar-refractivity contribution in [2.45, 2.75) is 104 Å². The van der Waals surface area contributed by atoms with Gasteiger partial charge in [0.05, 0.1) is 0 Å². The van der Waals surface area contributed by atoms with Crippen molar-refractivity contribution in [3.05, 3.63) is 34.9 Å². The predicted molar refractivity (Wildman–Crippen MR) is 122 cm³/mol. The van der Waals surface area contributed by atoms with Crippen molar-refractivity contribution in [1.29, 1.82) is 0 Å². The highest BCUT2D eigenvalue weighted by molar-refractivity contribution is 5.94. The summed E-state index contributed by atoms with van der Waals surface area (Å²) >= 11 is 0. The van der Waals surface area contributed by atoms with Gasteiger partial charge in [0.15, 0.2) is 0 Å². The Bertz CT molecular complexity index is 827. The molecule has 2 N–H and O–H groups in total. The van der Waals surface area contributed by atoms with E-state index in [9.17, 15) is 9.90 Å². The fourth-order valence-electron chi connectivity index (χ4n) is 4.84. The number of aromatic hydroxyl groups is 1. The SMILES string of the molecule is CC.CC(C)(C)c1cc(O)c2c(c1)OC(C)(C)C1CC=C(C(=O)NC3CCC3)CC21. The van der Waals surface area contributed by atoms with Gasteiger partial charge in [0.25, 0.3) is 0 Å². The van der Waals surface area contributed by atoms with Crippen LogP contribution in [0.5, 0.6) is 11.5 Å². The summed E-state index contributed by atoms with van der Waals surface area (Å²) < 4.78 is 6.40. The Labute approximate surface area is 182 Å². The third kappa shape index (κ3) is 4.24. The van der Waals surface area contributed by atoms with Gasteiger partial charge < -0.3 is 15.2 Å². The minimum absolute atomic E-state index is 0.0693. The third-order valence-corrected chi connectivity index (χ3v) is 6.90.